The number of benzene rings is 1. The van der Waals surface area contributed by atoms with Crippen molar-refractivity contribution in [1.82, 2.24) is 5.32 Å². The number of nitrogens with one attached hydrogen (secondary N) is 1. The first-order chi connectivity index (χ1) is 9.83. The van der Waals surface area contributed by atoms with Gasteiger partial charge in [0.2, 0.25) is 5.91 Å². The summed E-state index contributed by atoms with van der Waals surface area (Å²) in [6.07, 6.45) is 8.34. The molecule has 3 nitrogen and oxygen atoms in total. The van der Waals surface area contributed by atoms with E-state index in [0.29, 0.717) is 18.9 Å². The fourth-order valence-electron chi connectivity index (χ4n) is 2.95. The lowest BCUT2D eigenvalue weighted by atomic mass is 9.91. The first-order valence-electron chi connectivity index (χ1n) is 7.44. The molecule has 20 heavy (non-hydrogen) atoms. The fourth-order valence-corrected chi connectivity index (χ4v) is 2.95. The standard InChI is InChI=1S/C17H21NO2/c19-16(11-13-7-3-1-4-8-13)18-15-12-20-17(15)14-9-5-2-6-10-14/h1-3,5-6,9-10,13,15,17H,4,7-8,11-12H2,(H,18,19)/t13?,15-,17+/m1/s1. The van der Waals surface area contributed by atoms with Crippen molar-refractivity contribution in [3.05, 3.63) is 48.0 Å². The third-order valence-electron chi connectivity index (χ3n) is 4.15. The molecule has 1 saturated heterocycles. The predicted octanol–water partition coefficient (Wildman–Crippen LogP) is 2.99. The van der Waals surface area contributed by atoms with Crippen molar-refractivity contribution in [1.29, 1.82) is 0 Å². The van der Waals surface area contributed by atoms with Gasteiger partial charge in [0, 0.05) is 6.42 Å². The van der Waals surface area contributed by atoms with Crippen LogP contribution in [0.25, 0.3) is 0 Å². The van der Waals surface area contributed by atoms with Gasteiger partial charge < -0.3 is 10.1 Å². The highest BCUT2D eigenvalue weighted by molar-refractivity contribution is 5.76. The Morgan fingerprint density at radius 3 is 2.75 bits per heavy atom. The van der Waals surface area contributed by atoms with E-state index in [9.17, 15) is 4.79 Å². The van der Waals surface area contributed by atoms with Crippen LogP contribution in [0.5, 0.6) is 0 Å². The van der Waals surface area contributed by atoms with Crippen molar-refractivity contribution in [2.24, 2.45) is 5.92 Å². The highest BCUT2D eigenvalue weighted by Crippen LogP contribution is 2.30. The molecule has 0 bridgehead atoms. The second-order valence-corrected chi connectivity index (χ2v) is 5.69. The monoisotopic (exact) mass is 271 g/mol. The molecule has 1 N–H and O–H groups in total. The molecule has 3 rings (SSSR count). The zero-order chi connectivity index (χ0) is 13.8. The summed E-state index contributed by atoms with van der Waals surface area (Å²) in [5, 5.41) is 3.12. The van der Waals surface area contributed by atoms with E-state index in [4.69, 9.17) is 4.74 Å². The maximum atomic E-state index is 12.1. The van der Waals surface area contributed by atoms with Crippen LogP contribution in [0.15, 0.2) is 42.5 Å². The minimum Gasteiger partial charge on any atom is -0.369 e. The van der Waals surface area contributed by atoms with E-state index in [1.54, 1.807) is 0 Å². The number of carbonyl (C=O) groups excluding carboxylic acids is 1. The number of allylic oxidation sites excluding steroid dienone is 2. The van der Waals surface area contributed by atoms with Crippen LogP contribution >= 0.6 is 0 Å². The SMILES string of the molecule is O=C(CC1CC=CCC1)N[C@@H]1CO[C@H]1c1ccccc1. The first kappa shape index (κ1) is 13.4. The second kappa shape index (κ2) is 6.23. The molecule has 1 aliphatic carbocycles. The molecule has 3 atom stereocenters. The quantitative estimate of drug-likeness (QED) is 0.855. The van der Waals surface area contributed by atoms with Gasteiger partial charge in [-0.25, -0.2) is 0 Å². The molecular weight excluding hydrogens is 250 g/mol. The summed E-state index contributed by atoms with van der Waals surface area (Å²) in [5.41, 5.74) is 1.14. The molecule has 106 valence electrons. The Kier molecular flexibility index (Phi) is 4.16. The van der Waals surface area contributed by atoms with E-state index in [1.165, 1.54) is 0 Å². The minimum atomic E-state index is 0.0198. The molecule has 1 heterocycles. The Balaban J connectivity index is 1.50. The van der Waals surface area contributed by atoms with E-state index in [1.807, 2.05) is 18.2 Å². The molecule has 0 radical (unpaired) electrons. The lowest BCUT2D eigenvalue weighted by Gasteiger charge is -2.37. The normalized spacial score (nSPS) is 28.7. The first-order valence-corrected chi connectivity index (χ1v) is 7.44. The summed E-state index contributed by atoms with van der Waals surface area (Å²) in [6.45, 7) is 0.621. The number of hydrogen-bond acceptors (Lipinski definition) is 2. The summed E-state index contributed by atoms with van der Waals surface area (Å²) < 4.78 is 5.59. The molecular formula is C17H21NO2. The third-order valence-corrected chi connectivity index (χ3v) is 4.15. The molecule has 2 aliphatic rings. The second-order valence-electron chi connectivity index (χ2n) is 5.69. The smallest absolute Gasteiger partial charge is 0.220 e. The molecule has 0 aromatic heterocycles. The van der Waals surface area contributed by atoms with Crippen LogP contribution in [0, 0.1) is 5.92 Å². The topological polar surface area (TPSA) is 38.3 Å². The van der Waals surface area contributed by atoms with Gasteiger partial charge in [-0.15, -0.1) is 0 Å². The average Bonchev–Trinajstić information content (AvgIpc) is 2.46. The van der Waals surface area contributed by atoms with E-state index in [-0.39, 0.29) is 18.1 Å². The molecule has 0 saturated carbocycles. The number of hydrogen-bond donors (Lipinski definition) is 1. The Bertz CT molecular complexity index is 483. The molecule has 1 aromatic rings. The predicted molar refractivity (Wildman–Crippen MR) is 78.2 cm³/mol. The van der Waals surface area contributed by atoms with Crippen LogP contribution in [-0.4, -0.2) is 18.6 Å². The molecule has 1 unspecified atom stereocenters. The zero-order valence-electron chi connectivity index (χ0n) is 11.6. The van der Waals surface area contributed by atoms with E-state index in [2.05, 4.69) is 29.6 Å². The van der Waals surface area contributed by atoms with E-state index in [0.717, 1.165) is 24.8 Å². The summed E-state index contributed by atoms with van der Waals surface area (Å²) in [5.74, 6) is 0.677. The van der Waals surface area contributed by atoms with Gasteiger partial charge in [-0.05, 0) is 30.7 Å². The van der Waals surface area contributed by atoms with Gasteiger partial charge >= 0.3 is 0 Å². The van der Waals surface area contributed by atoms with Gasteiger partial charge in [-0.2, -0.15) is 0 Å². The maximum Gasteiger partial charge on any atom is 0.220 e. The van der Waals surface area contributed by atoms with Crippen LogP contribution in [0.1, 0.15) is 37.4 Å². The van der Waals surface area contributed by atoms with Gasteiger partial charge in [0.25, 0.3) is 0 Å². The summed E-state index contributed by atoms with van der Waals surface area (Å²) in [7, 11) is 0. The Labute approximate surface area is 120 Å². The Morgan fingerprint density at radius 2 is 2.10 bits per heavy atom. The van der Waals surface area contributed by atoms with Crippen molar-refractivity contribution in [3.63, 3.8) is 0 Å². The van der Waals surface area contributed by atoms with Crippen molar-refractivity contribution < 1.29 is 9.53 Å². The summed E-state index contributed by atoms with van der Waals surface area (Å²) >= 11 is 0. The maximum absolute atomic E-state index is 12.1. The van der Waals surface area contributed by atoms with Gasteiger partial charge in [0.1, 0.15) is 6.10 Å². The van der Waals surface area contributed by atoms with E-state index < -0.39 is 0 Å². The fraction of sp³-hybridized carbons (Fsp3) is 0.471. The van der Waals surface area contributed by atoms with Gasteiger partial charge in [-0.3, -0.25) is 4.79 Å². The number of ether oxygens (including phenoxy) is 1. The van der Waals surface area contributed by atoms with Crippen LogP contribution in [0.2, 0.25) is 0 Å². The van der Waals surface area contributed by atoms with Crippen LogP contribution in [-0.2, 0) is 9.53 Å². The number of carbonyl (C=O) groups is 1. The summed E-state index contributed by atoms with van der Waals surface area (Å²) in [6, 6.07) is 10.2. The Morgan fingerprint density at radius 1 is 1.25 bits per heavy atom. The molecule has 1 aromatic carbocycles. The van der Waals surface area contributed by atoms with Crippen LogP contribution in [0.3, 0.4) is 0 Å². The van der Waals surface area contributed by atoms with Crippen LogP contribution in [0.4, 0.5) is 0 Å². The van der Waals surface area contributed by atoms with Crippen LogP contribution < -0.4 is 5.32 Å². The lowest BCUT2D eigenvalue weighted by Crippen LogP contribution is -2.51. The number of rotatable bonds is 4. The third kappa shape index (κ3) is 3.10. The molecule has 1 fully saturated rings. The van der Waals surface area contributed by atoms with Crippen molar-refractivity contribution in [2.75, 3.05) is 6.61 Å². The largest absolute Gasteiger partial charge is 0.369 e. The highest BCUT2D eigenvalue weighted by Gasteiger charge is 2.34. The van der Waals surface area contributed by atoms with Crippen molar-refractivity contribution in [3.8, 4) is 0 Å². The Hall–Kier alpha value is -1.61. The van der Waals surface area contributed by atoms with Crippen molar-refractivity contribution in [2.45, 2.75) is 37.8 Å². The van der Waals surface area contributed by atoms with E-state index >= 15 is 0 Å². The molecule has 1 aliphatic heterocycles. The lowest BCUT2D eigenvalue weighted by molar-refractivity contribution is -0.133. The minimum absolute atomic E-state index is 0.0198. The number of amides is 1. The highest BCUT2D eigenvalue weighted by atomic mass is 16.5. The van der Waals surface area contributed by atoms with Gasteiger partial charge in [0.05, 0.1) is 12.6 Å². The van der Waals surface area contributed by atoms with Crippen molar-refractivity contribution >= 4 is 5.91 Å². The average molecular weight is 271 g/mol. The van der Waals surface area contributed by atoms with Gasteiger partial charge in [0.15, 0.2) is 0 Å². The van der Waals surface area contributed by atoms with Gasteiger partial charge in [-0.1, -0.05) is 42.5 Å². The molecule has 0 spiro atoms. The molecule has 1 amide bonds. The molecule has 3 heteroatoms. The summed E-state index contributed by atoms with van der Waals surface area (Å²) in [4.78, 5) is 12.1. The zero-order valence-corrected chi connectivity index (χ0v) is 11.6.